The van der Waals surface area contributed by atoms with Crippen LogP contribution in [0.1, 0.15) is 16.8 Å². The van der Waals surface area contributed by atoms with Gasteiger partial charge in [0, 0.05) is 37.4 Å². The molecule has 1 heterocycles. The molecule has 1 saturated heterocycles. The van der Waals surface area contributed by atoms with Gasteiger partial charge in [-0.3, -0.25) is 14.5 Å². The number of nitrogens with one attached hydrogen (secondary N) is 2. The topological polar surface area (TPSA) is 108 Å². The van der Waals surface area contributed by atoms with Crippen LogP contribution in [-0.2, 0) is 4.79 Å². The molecule has 1 aliphatic rings. The fraction of sp³-hybridized carbons (Fsp3) is 0.286. The zero-order valence-electron chi connectivity index (χ0n) is 17.0. The average Bonchev–Trinajstić information content (AvgIpc) is 2.79. The molecule has 170 valence electrons. The number of nitrogens with zero attached hydrogens (tertiary/aromatic N) is 2. The van der Waals surface area contributed by atoms with Crippen molar-refractivity contribution in [2.45, 2.75) is 12.6 Å². The molecule has 0 aliphatic carbocycles. The van der Waals surface area contributed by atoms with Crippen LogP contribution in [0.25, 0.3) is 0 Å². The first-order valence-corrected chi connectivity index (χ1v) is 10.6. The first kappa shape index (κ1) is 23.8. The minimum absolute atomic E-state index is 0.177. The van der Waals surface area contributed by atoms with E-state index in [4.69, 9.17) is 28.9 Å². The maximum absolute atomic E-state index is 13.3. The molecule has 0 radical (unpaired) electrons. The summed E-state index contributed by atoms with van der Waals surface area (Å²) in [6.07, 6.45) is -0.766. The van der Waals surface area contributed by atoms with Gasteiger partial charge in [0.25, 0.3) is 11.8 Å². The second-order valence-corrected chi connectivity index (χ2v) is 7.88. The lowest BCUT2D eigenvalue weighted by Gasteiger charge is -2.42. The van der Waals surface area contributed by atoms with E-state index in [1.807, 2.05) is 0 Å². The van der Waals surface area contributed by atoms with Crippen LogP contribution in [-0.4, -0.2) is 60.0 Å². The molecule has 1 atom stereocenters. The van der Waals surface area contributed by atoms with Crippen LogP contribution in [0.3, 0.4) is 0 Å². The summed E-state index contributed by atoms with van der Waals surface area (Å²) in [6.45, 7) is 0.852. The molecule has 1 aliphatic heterocycles. The van der Waals surface area contributed by atoms with Gasteiger partial charge in [-0.05, 0) is 48.9 Å². The summed E-state index contributed by atoms with van der Waals surface area (Å²) < 4.78 is 13.3. The van der Waals surface area contributed by atoms with Gasteiger partial charge < -0.3 is 21.3 Å². The standard InChI is InChI=1S/C21H22Cl2FN5O3/c22-16-7-6-15(12-17(16)23)27-21(32)29-11-1-10-28(19(29)18(30)26-9-8-25)20(31)13-2-4-14(24)5-3-13/h2-7,12,19H,1,8-11,25H2,(H,26,30)(H,27,32). The molecule has 0 spiro atoms. The highest BCUT2D eigenvalue weighted by Gasteiger charge is 2.40. The van der Waals surface area contributed by atoms with E-state index in [2.05, 4.69) is 10.6 Å². The van der Waals surface area contributed by atoms with Gasteiger partial charge in [-0.15, -0.1) is 0 Å². The summed E-state index contributed by atoms with van der Waals surface area (Å²) >= 11 is 11.9. The number of benzene rings is 2. The maximum atomic E-state index is 13.3. The SMILES string of the molecule is NCCNC(=O)C1N(C(=O)Nc2ccc(Cl)c(Cl)c2)CCCN1C(=O)c1ccc(F)cc1. The molecular weight excluding hydrogens is 460 g/mol. The summed E-state index contributed by atoms with van der Waals surface area (Å²) in [5, 5.41) is 5.90. The van der Waals surface area contributed by atoms with E-state index in [1.165, 1.54) is 34.1 Å². The Morgan fingerprint density at radius 3 is 2.38 bits per heavy atom. The van der Waals surface area contributed by atoms with Crippen molar-refractivity contribution >= 4 is 46.7 Å². The molecule has 1 unspecified atom stereocenters. The predicted molar refractivity (Wildman–Crippen MR) is 120 cm³/mol. The number of hydrogen-bond donors (Lipinski definition) is 3. The second-order valence-electron chi connectivity index (χ2n) is 7.06. The van der Waals surface area contributed by atoms with E-state index >= 15 is 0 Å². The van der Waals surface area contributed by atoms with Crippen molar-refractivity contribution in [2.75, 3.05) is 31.5 Å². The number of urea groups is 1. The molecular formula is C21H22Cl2FN5O3. The quantitative estimate of drug-likeness (QED) is 0.609. The monoisotopic (exact) mass is 481 g/mol. The van der Waals surface area contributed by atoms with Gasteiger partial charge in [0.15, 0.2) is 6.17 Å². The number of carbonyl (C=O) groups is 3. The molecule has 1 fully saturated rings. The lowest BCUT2D eigenvalue weighted by Crippen LogP contribution is -2.64. The van der Waals surface area contributed by atoms with Crippen LogP contribution in [0, 0.1) is 5.82 Å². The Morgan fingerprint density at radius 1 is 1.03 bits per heavy atom. The van der Waals surface area contributed by atoms with Gasteiger partial charge in [0.1, 0.15) is 5.82 Å². The van der Waals surface area contributed by atoms with Gasteiger partial charge in [0.05, 0.1) is 10.0 Å². The summed E-state index contributed by atoms with van der Waals surface area (Å²) in [4.78, 5) is 41.7. The minimum atomic E-state index is -1.21. The van der Waals surface area contributed by atoms with E-state index in [9.17, 15) is 18.8 Å². The first-order valence-electron chi connectivity index (χ1n) is 9.89. The van der Waals surface area contributed by atoms with Gasteiger partial charge in [-0.25, -0.2) is 9.18 Å². The number of hydrogen-bond acceptors (Lipinski definition) is 4. The zero-order valence-corrected chi connectivity index (χ0v) is 18.5. The average molecular weight is 482 g/mol. The lowest BCUT2D eigenvalue weighted by molar-refractivity contribution is -0.132. The molecule has 3 rings (SSSR count). The zero-order chi connectivity index (χ0) is 23.3. The van der Waals surface area contributed by atoms with Crippen molar-refractivity contribution in [1.29, 1.82) is 0 Å². The Morgan fingerprint density at radius 2 is 1.72 bits per heavy atom. The highest BCUT2D eigenvalue weighted by atomic mass is 35.5. The van der Waals surface area contributed by atoms with E-state index in [0.717, 1.165) is 12.1 Å². The molecule has 11 heteroatoms. The number of rotatable bonds is 5. The summed E-state index contributed by atoms with van der Waals surface area (Å²) in [6, 6.07) is 8.99. The summed E-state index contributed by atoms with van der Waals surface area (Å²) in [5.41, 5.74) is 6.07. The lowest BCUT2D eigenvalue weighted by atomic mass is 10.1. The Kier molecular flexibility index (Phi) is 7.89. The fourth-order valence-corrected chi connectivity index (χ4v) is 3.64. The number of carbonyl (C=O) groups excluding carboxylic acids is 3. The summed E-state index contributed by atoms with van der Waals surface area (Å²) in [7, 11) is 0. The van der Waals surface area contributed by atoms with E-state index in [-0.39, 0.29) is 36.8 Å². The van der Waals surface area contributed by atoms with Crippen molar-refractivity contribution in [3.05, 3.63) is 63.9 Å². The fourth-order valence-electron chi connectivity index (χ4n) is 3.35. The minimum Gasteiger partial charge on any atom is -0.351 e. The highest BCUT2D eigenvalue weighted by molar-refractivity contribution is 6.42. The molecule has 0 saturated carbocycles. The van der Waals surface area contributed by atoms with Gasteiger partial charge in [-0.2, -0.15) is 0 Å². The second kappa shape index (κ2) is 10.6. The molecule has 4 N–H and O–H groups in total. The van der Waals surface area contributed by atoms with Crippen LogP contribution in [0.5, 0.6) is 0 Å². The van der Waals surface area contributed by atoms with Crippen LogP contribution in [0.15, 0.2) is 42.5 Å². The largest absolute Gasteiger partial charge is 0.351 e. The van der Waals surface area contributed by atoms with Crippen LogP contribution >= 0.6 is 23.2 Å². The Labute approximate surface area is 194 Å². The third-order valence-electron chi connectivity index (χ3n) is 4.85. The number of anilines is 1. The van der Waals surface area contributed by atoms with Crippen molar-refractivity contribution < 1.29 is 18.8 Å². The van der Waals surface area contributed by atoms with Gasteiger partial charge in [0.2, 0.25) is 0 Å². The molecule has 0 aromatic heterocycles. The Hall–Kier alpha value is -2.88. The van der Waals surface area contributed by atoms with Crippen LogP contribution < -0.4 is 16.4 Å². The molecule has 2 aromatic rings. The highest BCUT2D eigenvalue weighted by Crippen LogP contribution is 2.26. The third-order valence-corrected chi connectivity index (χ3v) is 5.59. The first-order chi connectivity index (χ1) is 15.3. The van der Waals surface area contributed by atoms with Crippen molar-refractivity contribution in [2.24, 2.45) is 5.73 Å². The molecule has 2 aromatic carbocycles. The number of nitrogens with two attached hydrogens (primary N) is 1. The van der Waals surface area contributed by atoms with Crippen molar-refractivity contribution in [1.82, 2.24) is 15.1 Å². The molecule has 32 heavy (non-hydrogen) atoms. The van der Waals surface area contributed by atoms with E-state index < -0.39 is 29.8 Å². The Bertz CT molecular complexity index is 1010. The number of halogens is 3. The van der Waals surface area contributed by atoms with Gasteiger partial charge >= 0.3 is 6.03 Å². The normalized spacial score (nSPS) is 15.9. The number of amides is 4. The third kappa shape index (κ3) is 5.48. The maximum Gasteiger partial charge on any atom is 0.323 e. The molecule has 8 nitrogen and oxygen atoms in total. The van der Waals surface area contributed by atoms with Crippen LogP contribution in [0.2, 0.25) is 10.0 Å². The summed E-state index contributed by atoms with van der Waals surface area (Å²) in [5.74, 6) is -1.53. The van der Waals surface area contributed by atoms with Crippen molar-refractivity contribution in [3.63, 3.8) is 0 Å². The van der Waals surface area contributed by atoms with Gasteiger partial charge in [-0.1, -0.05) is 23.2 Å². The smallest absolute Gasteiger partial charge is 0.323 e. The Balaban J connectivity index is 1.87. The predicted octanol–water partition coefficient (Wildman–Crippen LogP) is 2.91. The molecule has 4 amide bonds. The van der Waals surface area contributed by atoms with Crippen LogP contribution in [0.4, 0.5) is 14.9 Å². The van der Waals surface area contributed by atoms with E-state index in [0.29, 0.717) is 17.1 Å². The molecule has 0 bridgehead atoms. The van der Waals surface area contributed by atoms with Crippen molar-refractivity contribution in [3.8, 4) is 0 Å². The van der Waals surface area contributed by atoms with E-state index in [1.54, 1.807) is 6.07 Å².